The first-order valence-electron chi connectivity index (χ1n) is 5.54. The van der Waals surface area contributed by atoms with Gasteiger partial charge in [-0.25, -0.2) is 0 Å². The van der Waals surface area contributed by atoms with Crippen LogP contribution in [0, 0.1) is 0 Å². The summed E-state index contributed by atoms with van der Waals surface area (Å²) < 4.78 is 1.68. The highest BCUT2D eigenvalue weighted by Crippen LogP contribution is 2.04. The smallest absolute Gasteiger partial charge is 0.303 e. The highest BCUT2D eigenvalue weighted by molar-refractivity contribution is 5.93. The van der Waals surface area contributed by atoms with E-state index in [1.165, 1.54) is 11.1 Å². The minimum atomic E-state index is -0.843. The molecule has 1 aromatic rings. The van der Waals surface area contributed by atoms with Crippen molar-refractivity contribution in [3.05, 3.63) is 18.0 Å². The lowest BCUT2D eigenvalue weighted by molar-refractivity contribution is -0.137. The van der Waals surface area contributed by atoms with Crippen LogP contribution in [-0.2, 0) is 11.3 Å². The van der Waals surface area contributed by atoms with E-state index < -0.39 is 5.97 Å². The molecule has 17 heavy (non-hydrogen) atoms. The van der Waals surface area contributed by atoms with Crippen molar-refractivity contribution in [1.82, 2.24) is 14.7 Å². The number of amides is 1. The third kappa shape index (κ3) is 3.90. The van der Waals surface area contributed by atoms with Gasteiger partial charge < -0.3 is 10.0 Å². The molecule has 0 saturated heterocycles. The van der Waals surface area contributed by atoms with Gasteiger partial charge in [-0.2, -0.15) is 5.10 Å². The standard InChI is InChI=1S/C11H17N3O3/c1-3-14-8-9(7-12-14)11(17)13(2)6-4-5-10(15)16/h7-8H,3-6H2,1-2H3,(H,15,16). The van der Waals surface area contributed by atoms with E-state index in [2.05, 4.69) is 5.10 Å². The van der Waals surface area contributed by atoms with Gasteiger partial charge in [-0.1, -0.05) is 0 Å². The molecule has 1 rings (SSSR count). The number of aliphatic carboxylic acids is 1. The second kappa shape index (κ2) is 6.03. The van der Waals surface area contributed by atoms with Crippen LogP contribution < -0.4 is 0 Å². The van der Waals surface area contributed by atoms with Crippen molar-refractivity contribution in [1.29, 1.82) is 0 Å². The zero-order valence-corrected chi connectivity index (χ0v) is 10.1. The Bertz CT molecular complexity index is 400. The number of carboxylic acids is 1. The van der Waals surface area contributed by atoms with Crippen LogP contribution >= 0.6 is 0 Å². The van der Waals surface area contributed by atoms with Crippen molar-refractivity contribution in [3.8, 4) is 0 Å². The van der Waals surface area contributed by atoms with Crippen molar-refractivity contribution < 1.29 is 14.7 Å². The Morgan fingerprint density at radius 2 is 2.24 bits per heavy atom. The number of hydrogen-bond donors (Lipinski definition) is 1. The van der Waals surface area contributed by atoms with E-state index in [1.807, 2.05) is 6.92 Å². The second-order valence-corrected chi connectivity index (χ2v) is 3.81. The second-order valence-electron chi connectivity index (χ2n) is 3.81. The van der Waals surface area contributed by atoms with Crippen molar-refractivity contribution in [2.75, 3.05) is 13.6 Å². The van der Waals surface area contributed by atoms with Crippen LogP contribution in [0.4, 0.5) is 0 Å². The summed E-state index contributed by atoms with van der Waals surface area (Å²) in [7, 11) is 1.66. The number of rotatable bonds is 6. The molecule has 0 saturated carbocycles. The Hall–Kier alpha value is -1.85. The maximum atomic E-state index is 11.9. The fourth-order valence-electron chi connectivity index (χ4n) is 1.44. The number of carbonyl (C=O) groups is 2. The third-order valence-electron chi connectivity index (χ3n) is 2.44. The fraction of sp³-hybridized carbons (Fsp3) is 0.545. The average Bonchev–Trinajstić information content (AvgIpc) is 2.75. The largest absolute Gasteiger partial charge is 0.481 e. The quantitative estimate of drug-likeness (QED) is 0.798. The molecule has 0 fully saturated rings. The van der Waals surface area contributed by atoms with E-state index >= 15 is 0 Å². The summed E-state index contributed by atoms with van der Waals surface area (Å²) in [6.45, 7) is 3.09. The van der Waals surface area contributed by atoms with Gasteiger partial charge in [-0.05, 0) is 13.3 Å². The van der Waals surface area contributed by atoms with Gasteiger partial charge in [-0.15, -0.1) is 0 Å². The molecule has 0 radical (unpaired) electrons. The molecule has 0 aromatic carbocycles. The Balaban J connectivity index is 2.48. The molecule has 0 aliphatic heterocycles. The molecule has 1 aromatic heterocycles. The van der Waals surface area contributed by atoms with Crippen LogP contribution in [0.3, 0.4) is 0 Å². The summed E-state index contributed by atoms with van der Waals surface area (Å²) in [6, 6.07) is 0. The molecule has 0 aliphatic rings. The van der Waals surface area contributed by atoms with Crippen LogP contribution in [0.2, 0.25) is 0 Å². The maximum Gasteiger partial charge on any atom is 0.303 e. The van der Waals surface area contributed by atoms with Crippen molar-refractivity contribution >= 4 is 11.9 Å². The monoisotopic (exact) mass is 239 g/mol. The summed E-state index contributed by atoms with van der Waals surface area (Å²) in [4.78, 5) is 23.7. The summed E-state index contributed by atoms with van der Waals surface area (Å²) in [5, 5.41) is 12.5. The van der Waals surface area contributed by atoms with E-state index in [-0.39, 0.29) is 12.3 Å². The molecule has 0 bridgehead atoms. The highest BCUT2D eigenvalue weighted by Gasteiger charge is 2.13. The number of hydrogen-bond acceptors (Lipinski definition) is 3. The van der Waals surface area contributed by atoms with Gasteiger partial charge in [0.2, 0.25) is 0 Å². The van der Waals surface area contributed by atoms with Crippen molar-refractivity contribution in [3.63, 3.8) is 0 Å². The molecule has 0 atom stereocenters. The van der Waals surface area contributed by atoms with Crippen molar-refractivity contribution in [2.24, 2.45) is 0 Å². The summed E-state index contributed by atoms with van der Waals surface area (Å²) >= 11 is 0. The van der Waals surface area contributed by atoms with Crippen LogP contribution in [-0.4, -0.2) is 45.3 Å². The van der Waals surface area contributed by atoms with Gasteiger partial charge in [-0.3, -0.25) is 14.3 Å². The molecule has 0 unspecified atom stereocenters. The predicted molar refractivity (Wildman–Crippen MR) is 61.7 cm³/mol. The van der Waals surface area contributed by atoms with Crippen molar-refractivity contribution in [2.45, 2.75) is 26.3 Å². The van der Waals surface area contributed by atoms with Crippen LogP contribution in [0.15, 0.2) is 12.4 Å². The lowest BCUT2D eigenvalue weighted by atomic mass is 10.2. The van der Waals surface area contributed by atoms with E-state index in [0.717, 1.165) is 6.54 Å². The maximum absolute atomic E-state index is 11.9. The van der Waals surface area contributed by atoms with E-state index in [1.54, 1.807) is 17.9 Å². The minimum Gasteiger partial charge on any atom is -0.481 e. The van der Waals surface area contributed by atoms with E-state index in [0.29, 0.717) is 18.5 Å². The SMILES string of the molecule is CCn1cc(C(=O)N(C)CCCC(=O)O)cn1. The molecule has 0 aliphatic carbocycles. The Morgan fingerprint density at radius 3 is 2.76 bits per heavy atom. The fourth-order valence-corrected chi connectivity index (χ4v) is 1.44. The summed E-state index contributed by atoms with van der Waals surface area (Å²) in [5.41, 5.74) is 0.532. The van der Waals surface area contributed by atoms with E-state index in [9.17, 15) is 9.59 Å². The molecule has 6 heteroatoms. The predicted octanol–water partition coefficient (Wildman–Crippen LogP) is 0.840. The Morgan fingerprint density at radius 1 is 1.53 bits per heavy atom. The number of nitrogens with zero attached hydrogens (tertiary/aromatic N) is 3. The zero-order chi connectivity index (χ0) is 12.8. The molecule has 1 heterocycles. The topological polar surface area (TPSA) is 75.4 Å². The summed E-state index contributed by atoms with van der Waals surface area (Å²) in [5.74, 6) is -0.972. The number of carboxylic acid groups (broad SMARTS) is 1. The number of aromatic nitrogens is 2. The Labute approximate surface area is 99.8 Å². The highest BCUT2D eigenvalue weighted by atomic mass is 16.4. The van der Waals surface area contributed by atoms with Gasteiger partial charge in [0.1, 0.15) is 0 Å². The third-order valence-corrected chi connectivity index (χ3v) is 2.44. The first-order chi connectivity index (χ1) is 8.04. The number of carbonyl (C=O) groups excluding carboxylic acids is 1. The Kier molecular flexibility index (Phi) is 4.68. The number of aryl methyl sites for hydroxylation is 1. The molecule has 1 amide bonds. The van der Waals surface area contributed by atoms with Crippen LogP contribution in [0.1, 0.15) is 30.1 Å². The van der Waals surface area contributed by atoms with Crippen LogP contribution in [0.25, 0.3) is 0 Å². The normalized spacial score (nSPS) is 10.2. The average molecular weight is 239 g/mol. The first-order valence-corrected chi connectivity index (χ1v) is 5.54. The van der Waals surface area contributed by atoms with Gasteiger partial charge in [0.15, 0.2) is 0 Å². The lowest BCUT2D eigenvalue weighted by Gasteiger charge is -2.15. The molecule has 1 N–H and O–H groups in total. The molecular weight excluding hydrogens is 222 g/mol. The van der Waals surface area contributed by atoms with Gasteiger partial charge >= 0.3 is 5.97 Å². The summed E-state index contributed by atoms with van der Waals surface area (Å²) in [6.07, 6.45) is 3.75. The molecule has 0 spiro atoms. The van der Waals surface area contributed by atoms with E-state index in [4.69, 9.17) is 5.11 Å². The zero-order valence-electron chi connectivity index (χ0n) is 10.1. The van der Waals surface area contributed by atoms with Gasteiger partial charge in [0.25, 0.3) is 5.91 Å². The molecule has 94 valence electrons. The first kappa shape index (κ1) is 13.2. The van der Waals surface area contributed by atoms with Gasteiger partial charge in [0, 0.05) is 32.8 Å². The lowest BCUT2D eigenvalue weighted by Crippen LogP contribution is -2.27. The van der Waals surface area contributed by atoms with Crippen LogP contribution in [0.5, 0.6) is 0 Å². The minimum absolute atomic E-state index is 0.0752. The molecule has 6 nitrogen and oxygen atoms in total. The molecular formula is C11H17N3O3. The van der Waals surface area contributed by atoms with Gasteiger partial charge in [0.05, 0.1) is 11.8 Å².